The van der Waals surface area contributed by atoms with E-state index < -0.39 is 0 Å². The zero-order valence-electron chi connectivity index (χ0n) is 21.1. The number of methoxy groups -OCH3 is 3. The van der Waals surface area contributed by atoms with Crippen LogP contribution in [-0.2, 0) is 34.0 Å². The van der Waals surface area contributed by atoms with E-state index in [0.717, 1.165) is 39.3 Å². The van der Waals surface area contributed by atoms with Crippen molar-refractivity contribution in [2.45, 2.75) is 42.2 Å². The van der Waals surface area contributed by atoms with Gasteiger partial charge in [-0.3, -0.25) is 0 Å². The summed E-state index contributed by atoms with van der Waals surface area (Å²) in [6, 6.07) is 24.0. The van der Waals surface area contributed by atoms with E-state index in [9.17, 15) is 0 Å². The second-order valence-corrected chi connectivity index (χ2v) is 11.2. The van der Waals surface area contributed by atoms with E-state index in [1.807, 2.05) is 72.8 Å². The number of hydrogen-bond donors (Lipinski definition) is 0. The van der Waals surface area contributed by atoms with Gasteiger partial charge in [-0.25, -0.2) is 0 Å². The van der Waals surface area contributed by atoms with Crippen molar-refractivity contribution in [1.29, 1.82) is 0 Å². The molecule has 1 aliphatic heterocycles. The van der Waals surface area contributed by atoms with Crippen molar-refractivity contribution in [3.8, 4) is 17.2 Å². The molecule has 0 aliphatic carbocycles. The Balaban J connectivity index is 1.35. The molecule has 1 heterocycles. The van der Waals surface area contributed by atoms with Gasteiger partial charge in [0, 0.05) is 0 Å². The minimum atomic E-state index is -0.0128. The van der Waals surface area contributed by atoms with Crippen LogP contribution in [-0.4, -0.2) is 55.1 Å². The molecule has 0 amide bonds. The Labute approximate surface area is 220 Å². The standard InChI is InChI=1S/C29H34O6Se/c1-30-24-10-4-21(5-11-24)16-33-19-28-29(35-18-23-8-14-26(32-3)15-9-23)27(20-36-28)34-17-22-6-12-25(31-2)13-7-22/h4-15,27-29H,16-20H2,1-3H3/t27-,28-,29+/m0/s1. The molecule has 0 radical (unpaired) electrons. The van der Waals surface area contributed by atoms with E-state index in [-0.39, 0.29) is 12.2 Å². The zero-order chi connectivity index (χ0) is 25.2. The molecule has 0 saturated carbocycles. The van der Waals surface area contributed by atoms with E-state index in [4.69, 9.17) is 28.4 Å². The number of rotatable bonds is 13. The van der Waals surface area contributed by atoms with Gasteiger partial charge in [0.25, 0.3) is 0 Å². The van der Waals surface area contributed by atoms with Gasteiger partial charge in [0.2, 0.25) is 0 Å². The Morgan fingerprint density at radius 3 is 1.53 bits per heavy atom. The molecule has 1 aliphatic rings. The Morgan fingerprint density at radius 2 is 1.06 bits per heavy atom. The van der Waals surface area contributed by atoms with Crippen LogP contribution in [0.3, 0.4) is 0 Å². The van der Waals surface area contributed by atoms with Gasteiger partial charge in [-0.1, -0.05) is 0 Å². The second-order valence-electron chi connectivity index (χ2n) is 8.56. The summed E-state index contributed by atoms with van der Waals surface area (Å²) < 4.78 is 34.8. The Morgan fingerprint density at radius 1 is 0.611 bits per heavy atom. The van der Waals surface area contributed by atoms with Crippen molar-refractivity contribution in [1.82, 2.24) is 0 Å². The Bertz CT molecular complexity index is 1040. The summed E-state index contributed by atoms with van der Waals surface area (Å²) in [5, 5.41) is 1.01. The summed E-state index contributed by atoms with van der Waals surface area (Å²) >= 11 is 0.370. The molecule has 6 nitrogen and oxygen atoms in total. The third-order valence-corrected chi connectivity index (χ3v) is 8.98. The number of ether oxygens (including phenoxy) is 6. The molecule has 7 heteroatoms. The minimum absolute atomic E-state index is 0.0128. The molecule has 1 saturated heterocycles. The van der Waals surface area contributed by atoms with Crippen LogP contribution in [0, 0.1) is 0 Å². The van der Waals surface area contributed by atoms with Gasteiger partial charge in [-0.15, -0.1) is 0 Å². The van der Waals surface area contributed by atoms with Crippen molar-refractivity contribution in [3.05, 3.63) is 89.5 Å². The van der Waals surface area contributed by atoms with Gasteiger partial charge in [0.15, 0.2) is 0 Å². The zero-order valence-corrected chi connectivity index (χ0v) is 22.8. The van der Waals surface area contributed by atoms with Gasteiger partial charge in [0.05, 0.1) is 0 Å². The molecule has 3 aromatic carbocycles. The van der Waals surface area contributed by atoms with E-state index in [1.54, 1.807) is 21.3 Å². The molecule has 192 valence electrons. The predicted octanol–water partition coefficient (Wildman–Crippen LogP) is 5.32. The fraction of sp³-hybridized carbons (Fsp3) is 0.379. The summed E-state index contributed by atoms with van der Waals surface area (Å²) in [5.74, 6) is 2.54. The molecule has 3 aromatic rings. The molecule has 36 heavy (non-hydrogen) atoms. The third-order valence-electron chi connectivity index (χ3n) is 6.14. The van der Waals surface area contributed by atoms with Crippen molar-refractivity contribution in [3.63, 3.8) is 0 Å². The van der Waals surface area contributed by atoms with E-state index >= 15 is 0 Å². The first-order valence-corrected chi connectivity index (χ1v) is 14.2. The molecule has 0 aromatic heterocycles. The van der Waals surface area contributed by atoms with Gasteiger partial charge in [-0.05, 0) is 0 Å². The van der Waals surface area contributed by atoms with Crippen LogP contribution in [0.15, 0.2) is 72.8 Å². The van der Waals surface area contributed by atoms with Crippen molar-refractivity contribution >= 4 is 15.0 Å². The molecule has 1 fully saturated rings. The molecule has 3 atom stereocenters. The summed E-state index contributed by atoms with van der Waals surface area (Å²) in [7, 11) is 5.02. The summed E-state index contributed by atoms with van der Waals surface area (Å²) in [6.07, 6.45) is 0.0288. The molecule has 0 unspecified atom stereocenters. The van der Waals surface area contributed by atoms with Gasteiger partial charge in [0.1, 0.15) is 0 Å². The maximum absolute atomic E-state index is 6.48. The third kappa shape index (κ3) is 7.48. The van der Waals surface area contributed by atoms with Crippen molar-refractivity contribution in [2.75, 3.05) is 27.9 Å². The average molecular weight is 558 g/mol. The van der Waals surface area contributed by atoms with Gasteiger partial charge in [-0.2, -0.15) is 0 Å². The Hall–Kier alpha value is -2.54. The summed E-state index contributed by atoms with van der Waals surface area (Å²) in [4.78, 5) is 0.329. The fourth-order valence-corrected chi connectivity index (χ4v) is 6.85. The quantitative estimate of drug-likeness (QED) is 0.265. The van der Waals surface area contributed by atoms with Crippen molar-refractivity contribution in [2.24, 2.45) is 0 Å². The van der Waals surface area contributed by atoms with Crippen molar-refractivity contribution < 1.29 is 28.4 Å². The number of hydrogen-bond acceptors (Lipinski definition) is 6. The molecule has 0 N–H and O–H groups in total. The van der Waals surface area contributed by atoms with Crippen LogP contribution in [0.1, 0.15) is 16.7 Å². The van der Waals surface area contributed by atoms with Gasteiger partial charge >= 0.3 is 220 Å². The van der Waals surface area contributed by atoms with Crippen LogP contribution in [0.25, 0.3) is 0 Å². The SMILES string of the molecule is COc1ccc(COC[C@@H]2[Se]C[C@H](OCc3ccc(OC)cc3)[C@H]2OCc2ccc(OC)cc2)cc1. The average Bonchev–Trinajstić information content (AvgIpc) is 3.33. The first kappa shape index (κ1) is 26.5. The van der Waals surface area contributed by atoms with E-state index in [2.05, 4.69) is 0 Å². The topological polar surface area (TPSA) is 55.4 Å². The summed E-state index contributed by atoms with van der Waals surface area (Å²) in [6.45, 7) is 2.30. The van der Waals surface area contributed by atoms with Crippen LogP contribution in [0.2, 0.25) is 10.1 Å². The molecular formula is C29H34O6Se. The first-order valence-electron chi connectivity index (χ1n) is 12.0. The van der Waals surface area contributed by atoms with Crippen LogP contribution >= 0.6 is 0 Å². The second kappa shape index (κ2) is 13.7. The van der Waals surface area contributed by atoms with E-state index in [0.29, 0.717) is 46.2 Å². The fourth-order valence-electron chi connectivity index (χ4n) is 4.00. The van der Waals surface area contributed by atoms with E-state index in [1.165, 1.54) is 0 Å². The Kier molecular flexibility index (Phi) is 10.1. The normalized spacial score (nSPS) is 19.2. The van der Waals surface area contributed by atoms with Crippen LogP contribution < -0.4 is 14.2 Å². The molecular weight excluding hydrogens is 523 g/mol. The summed E-state index contributed by atoms with van der Waals surface area (Å²) in [5.41, 5.74) is 3.36. The molecule has 4 rings (SSSR count). The maximum atomic E-state index is 6.48. The molecule has 0 bridgehead atoms. The predicted molar refractivity (Wildman–Crippen MR) is 140 cm³/mol. The number of benzene rings is 3. The monoisotopic (exact) mass is 558 g/mol. The first-order chi connectivity index (χ1) is 17.7. The van der Waals surface area contributed by atoms with Crippen LogP contribution in [0.4, 0.5) is 0 Å². The molecule has 0 spiro atoms. The van der Waals surface area contributed by atoms with Crippen LogP contribution in [0.5, 0.6) is 17.2 Å². The van der Waals surface area contributed by atoms with Gasteiger partial charge < -0.3 is 0 Å².